The minimum atomic E-state index is 0.0348. The zero-order valence-corrected chi connectivity index (χ0v) is 14.3. The molecular formula is C17H20BrNO2. The van der Waals surface area contributed by atoms with E-state index in [4.69, 9.17) is 9.47 Å². The number of rotatable bonds is 5. The summed E-state index contributed by atoms with van der Waals surface area (Å²) in [7, 11) is 5.31. The van der Waals surface area contributed by atoms with E-state index >= 15 is 0 Å². The molecule has 0 radical (unpaired) electrons. The van der Waals surface area contributed by atoms with Crippen LogP contribution in [0.1, 0.15) is 22.7 Å². The standard InChI is InChI=1S/C17H20BrNO2/c1-11-5-6-12(18)9-14(11)17(19-2)15-10-13(20-3)7-8-16(15)21-4/h5-10,17,19H,1-4H3. The molecule has 0 amide bonds. The van der Waals surface area contributed by atoms with Crippen LogP contribution in [0.15, 0.2) is 40.9 Å². The average Bonchev–Trinajstić information content (AvgIpc) is 2.51. The molecule has 0 aromatic heterocycles. The monoisotopic (exact) mass is 349 g/mol. The van der Waals surface area contributed by atoms with Crippen LogP contribution in [0.2, 0.25) is 0 Å². The Morgan fingerprint density at radius 3 is 2.38 bits per heavy atom. The number of ether oxygens (including phenoxy) is 2. The molecule has 2 aromatic rings. The molecule has 0 fully saturated rings. The Balaban J connectivity index is 2.57. The fourth-order valence-corrected chi connectivity index (χ4v) is 2.84. The minimum Gasteiger partial charge on any atom is -0.497 e. The average molecular weight is 350 g/mol. The van der Waals surface area contributed by atoms with Crippen LogP contribution in [0.4, 0.5) is 0 Å². The lowest BCUT2D eigenvalue weighted by molar-refractivity contribution is 0.395. The molecule has 21 heavy (non-hydrogen) atoms. The van der Waals surface area contributed by atoms with Gasteiger partial charge >= 0.3 is 0 Å². The van der Waals surface area contributed by atoms with Crippen LogP contribution >= 0.6 is 15.9 Å². The lowest BCUT2D eigenvalue weighted by Gasteiger charge is -2.22. The summed E-state index contributed by atoms with van der Waals surface area (Å²) < 4.78 is 11.9. The molecular weight excluding hydrogens is 330 g/mol. The highest BCUT2D eigenvalue weighted by Gasteiger charge is 2.19. The van der Waals surface area contributed by atoms with E-state index in [1.165, 1.54) is 11.1 Å². The van der Waals surface area contributed by atoms with Gasteiger partial charge in [0.05, 0.1) is 20.3 Å². The zero-order chi connectivity index (χ0) is 15.4. The number of aryl methyl sites for hydroxylation is 1. The summed E-state index contributed by atoms with van der Waals surface area (Å²) >= 11 is 3.55. The van der Waals surface area contributed by atoms with Gasteiger partial charge < -0.3 is 14.8 Å². The lowest BCUT2D eigenvalue weighted by atomic mass is 9.94. The van der Waals surface area contributed by atoms with E-state index < -0.39 is 0 Å². The highest BCUT2D eigenvalue weighted by molar-refractivity contribution is 9.10. The number of benzene rings is 2. The molecule has 112 valence electrons. The molecule has 0 bridgehead atoms. The maximum atomic E-state index is 5.51. The summed E-state index contributed by atoms with van der Waals surface area (Å²) in [6.45, 7) is 2.11. The van der Waals surface area contributed by atoms with E-state index in [0.717, 1.165) is 21.5 Å². The van der Waals surface area contributed by atoms with Gasteiger partial charge in [-0.25, -0.2) is 0 Å². The van der Waals surface area contributed by atoms with Crippen molar-refractivity contribution in [2.75, 3.05) is 21.3 Å². The minimum absolute atomic E-state index is 0.0348. The van der Waals surface area contributed by atoms with Crippen LogP contribution in [-0.2, 0) is 0 Å². The molecule has 0 saturated heterocycles. The normalized spacial score (nSPS) is 12.0. The van der Waals surface area contributed by atoms with Gasteiger partial charge in [-0.3, -0.25) is 0 Å². The molecule has 2 aromatic carbocycles. The number of methoxy groups -OCH3 is 2. The van der Waals surface area contributed by atoms with Crippen molar-refractivity contribution < 1.29 is 9.47 Å². The summed E-state index contributed by atoms with van der Waals surface area (Å²) in [5.74, 6) is 1.66. The summed E-state index contributed by atoms with van der Waals surface area (Å²) in [4.78, 5) is 0. The molecule has 1 N–H and O–H groups in total. The molecule has 0 saturated carbocycles. The van der Waals surface area contributed by atoms with Crippen LogP contribution in [0.25, 0.3) is 0 Å². The van der Waals surface area contributed by atoms with Gasteiger partial charge in [0.1, 0.15) is 11.5 Å². The molecule has 0 heterocycles. The van der Waals surface area contributed by atoms with Gasteiger partial charge in [0.2, 0.25) is 0 Å². The summed E-state index contributed by atoms with van der Waals surface area (Å²) in [5, 5.41) is 3.37. The predicted molar refractivity (Wildman–Crippen MR) is 89.3 cm³/mol. The first-order chi connectivity index (χ1) is 10.1. The highest BCUT2D eigenvalue weighted by Crippen LogP contribution is 2.35. The molecule has 0 aliphatic rings. The topological polar surface area (TPSA) is 30.5 Å². The highest BCUT2D eigenvalue weighted by atomic mass is 79.9. The second-order valence-corrected chi connectivity index (χ2v) is 5.75. The molecule has 3 nitrogen and oxygen atoms in total. The first-order valence-corrected chi connectivity index (χ1v) is 7.55. The van der Waals surface area contributed by atoms with Gasteiger partial charge in [-0.05, 0) is 55.4 Å². The van der Waals surface area contributed by atoms with E-state index in [2.05, 4.69) is 40.3 Å². The number of nitrogens with one attached hydrogen (secondary N) is 1. The zero-order valence-electron chi connectivity index (χ0n) is 12.7. The second kappa shape index (κ2) is 6.96. The summed E-state index contributed by atoms with van der Waals surface area (Å²) in [6, 6.07) is 12.2. The number of halogens is 1. The quantitative estimate of drug-likeness (QED) is 0.881. The Labute approximate surface area is 134 Å². The molecule has 0 spiro atoms. The first kappa shape index (κ1) is 15.9. The Hall–Kier alpha value is -1.52. The Morgan fingerprint density at radius 2 is 1.76 bits per heavy atom. The van der Waals surface area contributed by atoms with E-state index in [9.17, 15) is 0 Å². The van der Waals surface area contributed by atoms with Gasteiger partial charge in [-0.15, -0.1) is 0 Å². The van der Waals surface area contributed by atoms with Crippen molar-refractivity contribution in [2.45, 2.75) is 13.0 Å². The van der Waals surface area contributed by atoms with Crippen molar-refractivity contribution in [2.24, 2.45) is 0 Å². The van der Waals surface area contributed by atoms with E-state index in [-0.39, 0.29) is 6.04 Å². The van der Waals surface area contributed by atoms with Crippen molar-refractivity contribution >= 4 is 15.9 Å². The SMILES string of the molecule is CNC(c1cc(Br)ccc1C)c1cc(OC)ccc1OC. The second-order valence-electron chi connectivity index (χ2n) is 4.83. The molecule has 1 atom stereocenters. The van der Waals surface area contributed by atoms with E-state index in [0.29, 0.717) is 0 Å². The third-order valence-electron chi connectivity index (χ3n) is 3.59. The van der Waals surface area contributed by atoms with Crippen LogP contribution in [0, 0.1) is 6.92 Å². The van der Waals surface area contributed by atoms with E-state index in [1.54, 1.807) is 14.2 Å². The molecule has 1 unspecified atom stereocenters. The van der Waals surface area contributed by atoms with Crippen LogP contribution in [0.3, 0.4) is 0 Å². The fraction of sp³-hybridized carbons (Fsp3) is 0.294. The smallest absolute Gasteiger partial charge is 0.124 e. The van der Waals surface area contributed by atoms with Gasteiger partial charge in [0.25, 0.3) is 0 Å². The Kier molecular flexibility index (Phi) is 5.26. The fourth-order valence-electron chi connectivity index (χ4n) is 2.47. The number of hydrogen-bond acceptors (Lipinski definition) is 3. The van der Waals surface area contributed by atoms with Crippen molar-refractivity contribution in [3.63, 3.8) is 0 Å². The third kappa shape index (κ3) is 3.39. The van der Waals surface area contributed by atoms with Gasteiger partial charge in [-0.2, -0.15) is 0 Å². The number of hydrogen-bond donors (Lipinski definition) is 1. The Bertz CT molecular complexity index is 628. The third-order valence-corrected chi connectivity index (χ3v) is 4.08. The molecule has 0 aliphatic heterocycles. The largest absolute Gasteiger partial charge is 0.497 e. The summed E-state index contributed by atoms with van der Waals surface area (Å²) in [6.07, 6.45) is 0. The summed E-state index contributed by atoms with van der Waals surface area (Å²) in [5.41, 5.74) is 3.49. The van der Waals surface area contributed by atoms with Gasteiger partial charge in [0.15, 0.2) is 0 Å². The maximum Gasteiger partial charge on any atom is 0.124 e. The van der Waals surface area contributed by atoms with Crippen molar-refractivity contribution in [3.8, 4) is 11.5 Å². The maximum absolute atomic E-state index is 5.51. The predicted octanol–water partition coefficient (Wildman–Crippen LogP) is 4.08. The van der Waals surface area contributed by atoms with Gasteiger partial charge in [0, 0.05) is 10.0 Å². The lowest BCUT2D eigenvalue weighted by Crippen LogP contribution is -2.19. The molecule has 4 heteroatoms. The van der Waals surface area contributed by atoms with Gasteiger partial charge in [-0.1, -0.05) is 22.0 Å². The van der Waals surface area contributed by atoms with Crippen LogP contribution in [-0.4, -0.2) is 21.3 Å². The van der Waals surface area contributed by atoms with Crippen molar-refractivity contribution in [3.05, 3.63) is 57.6 Å². The van der Waals surface area contributed by atoms with Crippen molar-refractivity contribution in [1.82, 2.24) is 5.32 Å². The molecule has 2 rings (SSSR count). The van der Waals surface area contributed by atoms with E-state index in [1.807, 2.05) is 31.3 Å². The Morgan fingerprint density at radius 1 is 1.00 bits per heavy atom. The van der Waals surface area contributed by atoms with Crippen LogP contribution < -0.4 is 14.8 Å². The van der Waals surface area contributed by atoms with Crippen molar-refractivity contribution in [1.29, 1.82) is 0 Å². The molecule has 0 aliphatic carbocycles. The first-order valence-electron chi connectivity index (χ1n) is 6.76. The van der Waals surface area contributed by atoms with Crippen LogP contribution in [0.5, 0.6) is 11.5 Å².